The Balaban J connectivity index is 2.04. The molecule has 1 saturated heterocycles. The van der Waals surface area contributed by atoms with Gasteiger partial charge >= 0.3 is 0 Å². The second-order valence-corrected chi connectivity index (χ2v) is 6.39. The molecule has 0 amide bonds. The summed E-state index contributed by atoms with van der Waals surface area (Å²) in [6.07, 6.45) is 9.37. The van der Waals surface area contributed by atoms with Crippen molar-refractivity contribution in [3.05, 3.63) is 0 Å². The highest BCUT2D eigenvalue weighted by atomic mass is 16.1. The lowest BCUT2D eigenvalue weighted by molar-refractivity contribution is -0.136. The Hall–Kier alpha value is -0.370. The summed E-state index contributed by atoms with van der Waals surface area (Å²) in [5, 5.41) is 3.40. The van der Waals surface area contributed by atoms with E-state index in [9.17, 15) is 4.79 Å². The molecule has 1 saturated carbocycles. The fourth-order valence-corrected chi connectivity index (χ4v) is 4.01. The van der Waals surface area contributed by atoms with E-state index in [1.54, 1.807) is 0 Å². The molecule has 1 aliphatic heterocycles. The average molecular weight is 251 g/mol. The maximum absolute atomic E-state index is 12.9. The van der Waals surface area contributed by atoms with Gasteiger partial charge in [0.1, 0.15) is 5.78 Å². The van der Waals surface area contributed by atoms with E-state index >= 15 is 0 Å². The molecule has 1 aliphatic carbocycles. The van der Waals surface area contributed by atoms with Crippen LogP contribution in [0.1, 0.15) is 65.2 Å². The normalized spacial score (nSPS) is 32.1. The van der Waals surface area contributed by atoms with Crippen molar-refractivity contribution >= 4 is 5.78 Å². The zero-order valence-corrected chi connectivity index (χ0v) is 12.1. The van der Waals surface area contributed by atoms with Crippen LogP contribution in [0.2, 0.25) is 0 Å². The minimum atomic E-state index is 0.0194. The van der Waals surface area contributed by atoms with Crippen molar-refractivity contribution in [1.29, 1.82) is 0 Å². The van der Waals surface area contributed by atoms with Crippen LogP contribution in [-0.2, 0) is 4.79 Å². The van der Waals surface area contributed by atoms with Gasteiger partial charge in [-0.05, 0) is 51.1 Å². The molecule has 2 heteroatoms. The van der Waals surface area contributed by atoms with E-state index in [4.69, 9.17) is 0 Å². The Bertz CT molecular complexity index is 281. The average Bonchev–Trinajstić information content (AvgIpc) is 2.47. The van der Waals surface area contributed by atoms with Crippen LogP contribution in [0.15, 0.2) is 0 Å². The molecule has 2 nitrogen and oxygen atoms in total. The molecule has 0 aromatic heterocycles. The second kappa shape index (κ2) is 6.18. The second-order valence-electron chi connectivity index (χ2n) is 6.39. The Morgan fingerprint density at radius 1 is 1.22 bits per heavy atom. The van der Waals surface area contributed by atoms with E-state index in [1.807, 2.05) is 0 Å². The minimum Gasteiger partial charge on any atom is -0.317 e. The van der Waals surface area contributed by atoms with E-state index < -0.39 is 0 Å². The molecule has 2 rings (SSSR count). The van der Waals surface area contributed by atoms with Gasteiger partial charge < -0.3 is 5.32 Å². The van der Waals surface area contributed by atoms with Gasteiger partial charge in [-0.25, -0.2) is 0 Å². The van der Waals surface area contributed by atoms with Gasteiger partial charge in [0.25, 0.3) is 0 Å². The number of carbonyl (C=O) groups is 1. The van der Waals surface area contributed by atoms with Crippen LogP contribution in [0.3, 0.4) is 0 Å². The minimum absolute atomic E-state index is 0.0194. The van der Waals surface area contributed by atoms with Gasteiger partial charge in [0.15, 0.2) is 0 Å². The number of piperidine rings is 1. The van der Waals surface area contributed by atoms with Gasteiger partial charge in [-0.1, -0.05) is 33.1 Å². The zero-order chi connectivity index (χ0) is 13.0. The van der Waals surface area contributed by atoms with Crippen LogP contribution in [0.25, 0.3) is 0 Å². The van der Waals surface area contributed by atoms with Gasteiger partial charge in [-0.2, -0.15) is 0 Å². The molecule has 0 radical (unpaired) electrons. The third-order valence-corrected chi connectivity index (χ3v) is 5.49. The zero-order valence-electron chi connectivity index (χ0n) is 12.1. The quantitative estimate of drug-likeness (QED) is 0.828. The van der Waals surface area contributed by atoms with Crippen LogP contribution >= 0.6 is 0 Å². The SMILES string of the molecule is CCC1CCCC(C(=O)C2(CC)CCNCC2)C1. The standard InChI is InChI=1S/C16H29NO/c1-3-13-6-5-7-14(12-13)15(18)16(4-2)8-10-17-11-9-16/h13-14,17H,3-12H2,1-2H3. The lowest BCUT2D eigenvalue weighted by atomic mass is 9.65. The van der Waals surface area contributed by atoms with Crippen molar-refractivity contribution < 1.29 is 4.79 Å². The molecule has 2 unspecified atom stereocenters. The first-order valence-corrected chi connectivity index (χ1v) is 7.97. The summed E-state index contributed by atoms with van der Waals surface area (Å²) in [7, 11) is 0. The largest absolute Gasteiger partial charge is 0.317 e. The van der Waals surface area contributed by atoms with Crippen molar-refractivity contribution in [3.63, 3.8) is 0 Å². The van der Waals surface area contributed by atoms with Crippen molar-refractivity contribution in [3.8, 4) is 0 Å². The number of Topliss-reactive ketones (excluding diaryl/α,β-unsaturated/α-hetero) is 1. The molecule has 2 fully saturated rings. The number of rotatable bonds is 4. The predicted molar refractivity (Wildman–Crippen MR) is 75.6 cm³/mol. The van der Waals surface area contributed by atoms with E-state index in [1.165, 1.54) is 25.7 Å². The molecule has 0 bridgehead atoms. The fraction of sp³-hybridized carbons (Fsp3) is 0.938. The third-order valence-electron chi connectivity index (χ3n) is 5.49. The van der Waals surface area contributed by atoms with Crippen molar-refractivity contribution in [1.82, 2.24) is 5.32 Å². The van der Waals surface area contributed by atoms with Gasteiger partial charge in [0.2, 0.25) is 0 Å². The maximum Gasteiger partial charge on any atom is 0.142 e. The predicted octanol–water partition coefficient (Wildman–Crippen LogP) is 3.55. The lowest BCUT2D eigenvalue weighted by Gasteiger charge is -2.40. The van der Waals surface area contributed by atoms with Crippen LogP contribution in [0, 0.1) is 17.3 Å². The summed E-state index contributed by atoms with van der Waals surface area (Å²) in [4.78, 5) is 12.9. The third kappa shape index (κ3) is 2.79. The molecule has 1 heterocycles. The van der Waals surface area contributed by atoms with Gasteiger partial charge in [-0.15, -0.1) is 0 Å². The van der Waals surface area contributed by atoms with Crippen molar-refractivity contribution in [2.45, 2.75) is 65.2 Å². The van der Waals surface area contributed by atoms with Crippen LogP contribution in [0.4, 0.5) is 0 Å². The number of carbonyl (C=O) groups excluding carboxylic acids is 1. The first-order chi connectivity index (χ1) is 8.72. The van der Waals surface area contributed by atoms with Gasteiger partial charge in [0.05, 0.1) is 0 Å². The Morgan fingerprint density at radius 3 is 2.56 bits per heavy atom. The van der Waals surface area contributed by atoms with Gasteiger partial charge in [-0.3, -0.25) is 4.79 Å². The van der Waals surface area contributed by atoms with Crippen LogP contribution in [0.5, 0.6) is 0 Å². The van der Waals surface area contributed by atoms with E-state index in [2.05, 4.69) is 19.2 Å². The fourth-order valence-electron chi connectivity index (χ4n) is 4.01. The molecule has 2 aliphatic rings. The van der Waals surface area contributed by atoms with E-state index in [-0.39, 0.29) is 5.41 Å². The summed E-state index contributed by atoms with van der Waals surface area (Å²) in [5.74, 6) is 1.80. The van der Waals surface area contributed by atoms with Crippen LogP contribution < -0.4 is 5.32 Å². The summed E-state index contributed by atoms with van der Waals surface area (Å²) in [6, 6.07) is 0. The molecule has 0 aromatic rings. The summed E-state index contributed by atoms with van der Waals surface area (Å²) in [5.41, 5.74) is 0.0194. The topological polar surface area (TPSA) is 29.1 Å². The smallest absolute Gasteiger partial charge is 0.142 e. The molecule has 0 spiro atoms. The highest BCUT2D eigenvalue weighted by Crippen LogP contribution is 2.41. The number of nitrogens with one attached hydrogen (secondary N) is 1. The summed E-state index contributed by atoms with van der Waals surface area (Å²) < 4.78 is 0. The van der Waals surface area contributed by atoms with Crippen molar-refractivity contribution in [2.75, 3.05) is 13.1 Å². The highest BCUT2D eigenvalue weighted by Gasteiger charge is 2.42. The molecular weight excluding hydrogens is 222 g/mol. The lowest BCUT2D eigenvalue weighted by Crippen LogP contribution is -2.45. The molecule has 0 aromatic carbocycles. The Kier molecular flexibility index (Phi) is 4.83. The maximum atomic E-state index is 12.9. The monoisotopic (exact) mass is 251 g/mol. The first-order valence-electron chi connectivity index (χ1n) is 7.97. The summed E-state index contributed by atoms with van der Waals surface area (Å²) in [6.45, 7) is 6.55. The molecule has 2 atom stereocenters. The molecular formula is C16H29NO. The molecule has 18 heavy (non-hydrogen) atoms. The summed E-state index contributed by atoms with van der Waals surface area (Å²) >= 11 is 0. The Morgan fingerprint density at radius 2 is 1.94 bits per heavy atom. The van der Waals surface area contributed by atoms with Gasteiger partial charge in [0, 0.05) is 11.3 Å². The van der Waals surface area contributed by atoms with Crippen molar-refractivity contribution in [2.24, 2.45) is 17.3 Å². The molecule has 104 valence electrons. The van der Waals surface area contributed by atoms with E-state index in [0.29, 0.717) is 11.7 Å². The first kappa shape index (κ1) is 14.0. The highest BCUT2D eigenvalue weighted by molar-refractivity contribution is 5.87. The number of ketones is 1. The van der Waals surface area contributed by atoms with E-state index in [0.717, 1.165) is 44.7 Å². The van der Waals surface area contributed by atoms with Crippen LogP contribution in [-0.4, -0.2) is 18.9 Å². The number of hydrogen-bond acceptors (Lipinski definition) is 2. The Labute approximate surface area is 112 Å². The number of hydrogen-bond donors (Lipinski definition) is 1. The molecule has 1 N–H and O–H groups in total.